The second-order valence-electron chi connectivity index (χ2n) is 6.70. The van der Waals surface area contributed by atoms with Crippen LogP contribution in [0.5, 0.6) is 0 Å². The van der Waals surface area contributed by atoms with Gasteiger partial charge in [0, 0.05) is 25.1 Å². The minimum atomic E-state index is -0.260. The van der Waals surface area contributed by atoms with Crippen molar-refractivity contribution in [1.29, 1.82) is 0 Å². The molecule has 0 aliphatic carbocycles. The lowest BCUT2D eigenvalue weighted by atomic mass is 10.2. The van der Waals surface area contributed by atoms with Gasteiger partial charge < -0.3 is 14.6 Å². The van der Waals surface area contributed by atoms with Crippen molar-refractivity contribution in [2.75, 3.05) is 13.2 Å². The van der Waals surface area contributed by atoms with Crippen molar-refractivity contribution in [2.45, 2.75) is 36.4 Å². The second kappa shape index (κ2) is 8.70. The molecular formula is C20H21FN4O2S. The van der Waals surface area contributed by atoms with Crippen molar-refractivity contribution in [3.63, 3.8) is 0 Å². The molecule has 1 saturated heterocycles. The molecule has 0 spiro atoms. The molecule has 6 nitrogen and oxygen atoms in total. The third kappa shape index (κ3) is 4.51. The number of hydrogen-bond acceptors (Lipinski definition) is 5. The lowest BCUT2D eigenvalue weighted by molar-refractivity contribution is -0.122. The van der Waals surface area contributed by atoms with Gasteiger partial charge in [0.25, 0.3) is 0 Å². The van der Waals surface area contributed by atoms with Gasteiger partial charge in [0.1, 0.15) is 12.4 Å². The topological polar surface area (TPSA) is 69.0 Å². The molecule has 1 fully saturated rings. The minimum Gasteiger partial charge on any atom is -0.376 e. The Morgan fingerprint density at radius 1 is 1.39 bits per heavy atom. The van der Waals surface area contributed by atoms with Gasteiger partial charge >= 0.3 is 0 Å². The summed E-state index contributed by atoms with van der Waals surface area (Å²) in [5.74, 6) is 0.210. The van der Waals surface area contributed by atoms with Crippen molar-refractivity contribution >= 4 is 28.7 Å². The number of carbonyl (C=O) groups excluding carboxylic acids is 1. The zero-order valence-corrected chi connectivity index (χ0v) is 16.1. The number of halogens is 1. The molecule has 0 radical (unpaired) electrons. The molecule has 4 rings (SSSR count). The highest BCUT2D eigenvalue weighted by Gasteiger charge is 2.18. The quantitative estimate of drug-likeness (QED) is 0.617. The van der Waals surface area contributed by atoms with Crippen LogP contribution in [0.1, 0.15) is 18.4 Å². The molecule has 3 heterocycles. The number of amides is 1. The SMILES string of the molecule is O=C(Cn1c(SCc2cccc(F)c2)nc2ccncc21)NC[C@@H]1CCCO1. The largest absolute Gasteiger partial charge is 0.376 e. The van der Waals surface area contributed by atoms with Crippen LogP contribution in [-0.2, 0) is 21.8 Å². The van der Waals surface area contributed by atoms with Gasteiger partial charge in [0.2, 0.25) is 5.91 Å². The number of hydrogen-bond donors (Lipinski definition) is 1. The van der Waals surface area contributed by atoms with Gasteiger partial charge in [-0.25, -0.2) is 9.37 Å². The Hall–Kier alpha value is -2.45. The Kier molecular flexibility index (Phi) is 5.87. The van der Waals surface area contributed by atoms with Crippen LogP contribution in [-0.4, -0.2) is 39.7 Å². The molecule has 3 aromatic rings. The molecule has 1 aliphatic rings. The fourth-order valence-electron chi connectivity index (χ4n) is 3.22. The summed E-state index contributed by atoms with van der Waals surface area (Å²) in [6.07, 6.45) is 5.51. The average Bonchev–Trinajstić information content (AvgIpc) is 3.33. The van der Waals surface area contributed by atoms with Crippen LogP contribution in [0.15, 0.2) is 47.9 Å². The Bertz CT molecular complexity index is 972. The highest BCUT2D eigenvalue weighted by Crippen LogP contribution is 2.26. The first kappa shape index (κ1) is 18.9. The average molecular weight is 400 g/mol. The molecule has 1 aliphatic heterocycles. The van der Waals surface area contributed by atoms with E-state index >= 15 is 0 Å². The summed E-state index contributed by atoms with van der Waals surface area (Å²) in [5, 5.41) is 3.65. The molecule has 146 valence electrons. The van der Waals surface area contributed by atoms with Crippen LogP contribution in [0.25, 0.3) is 11.0 Å². The number of rotatable bonds is 7. The van der Waals surface area contributed by atoms with Crippen LogP contribution >= 0.6 is 11.8 Å². The van der Waals surface area contributed by atoms with E-state index in [1.165, 1.54) is 23.9 Å². The van der Waals surface area contributed by atoms with E-state index in [4.69, 9.17) is 4.74 Å². The molecule has 0 unspecified atom stereocenters. The number of carbonyl (C=O) groups is 1. The van der Waals surface area contributed by atoms with Gasteiger partial charge in [0.15, 0.2) is 5.16 Å². The number of pyridine rings is 1. The standard InChI is InChI=1S/C20H21FN4O2S/c21-15-4-1-3-14(9-15)13-28-20-24-17-6-7-22-11-18(17)25(20)12-19(26)23-10-16-5-2-8-27-16/h1,3-4,6-7,9,11,16H,2,5,8,10,12-13H2,(H,23,26)/t16-/m0/s1. The smallest absolute Gasteiger partial charge is 0.240 e. The number of ether oxygens (including phenoxy) is 1. The molecule has 1 amide bonds. The van der Waals surface area contributed by atoms with E-state index in [1.807, 2.05) is 16.7 Å². The summed E-state index contributed by atoms with van der Waals surface area (Å²) in [4.78, 5) is 21.3. The van der Waals surface area contributed by atoms with Crippen molar-refractivity contribution in [1.82, 2.24) is 19.9 Å². The van der Waals surface area contributed by atoms with Gasteiger partial charge in [-0.15, -0.1) is 0 Å². The van der Waals surface area contributed by atoms with Gasteiger partial charge in [-0.1, -0.05) is 23.9 Å². The van der Waals surface area contributed by atoms with E-state index < -0.39 is 0 Å². The van der Waals surface area contributed by atoms with Crippen molar-refractivity contribution in [3.8, 4) is 0 Å². The monoisotopic (exact) mass is 400 g/mol. The van der Waals surface area contributed by atoms with Crippen molar-refractivity contribution in [2.24, 2.45) is 0 Å². The van der Waals surface area contributed by atoms with Crippen LogP contribution in [0.4, 0.5) is 4.39 Å². The molecule has 1 atom stereocenters. The van der Waals surface area contributed by atoms with E-state index in [-0.39, 0.29) is 24.4 Å². The van der Waals surface area contributed by atoms with E-state index in [0.717, 1.165) is 36.0 Å². The van der Waals surface area contributed by atoms with Crippen molar-refractivity contribution in [3.05, 3.63) is 54.1 Å². The molecule has 28 heavy (non-hydrogen) atoms. The predicted octanol–water partition coefficient (Wildman–Crippen LogP) is 3.16. The summed E-state index contributed by atoms with van der Waals surface area (Å²) in [5.41, 5.74) is 2.45. The normalized spacial score (nSPS) is 16.5. The summed E-state index contributed by atoms with van der Waals surface area (Å²) in [6.45, 7) is 1.44. The number of nitrogens with one attached hydrogen (secondary N) is 1. The van der Waals surface area contributed by atoms with Crippen LogP contribution in [0, 0.1) is 5.82 Å². The number of benzene rings is 1. The van der Waals surface area contributed by atoms with Gasteiger partial charge in [0.05, 0.1) is 23.3 Å². The fraction of sp³-hybridized carbons (Fsp3) is 0.350. The summed E-state index contributed by atoms with van der Waals surface area (Å²) in [6, 6.07) is 8.32. The van der Waals surface area contributed by atoms with Crippen LogP contribution < -0.4 is 5.32 Å². The minimum absolute atomic E-state index is 0.0914. The molecular weight excluding hydrogens is 379 g/mol. The molecule has 1 N–H and O–H groups in total. The molecule has 0 bridgehead atoms. The zero-order valence-electron chi connectivity index (χ0n) is 15.3. The lowest BCUT2D eigenvalue weighted by Crippen LogP contribution is -2.34. The highest BCUT2D eigenvalue weighted by atomic mass is 32.2. The van der Waals surface area contributed by atoms with E-state index in [9.17, 15) is 9.18 Å². The number of aromatic nitrogens is 3. The number of thioether (sulfide) groups is 1. The molecule has 0 saturated carbocycles. The fourth-order valence-corrected chi connectivity index (χ4v) is 4.17. The third-order valence-electron chi connectivity index (χ3n) is 4.63. The predicted molar refractivity (Wildman–Crippen MR) is 105 cm³/mol. The Labute approximate surface area is 166 Å². The zero-order chi connectivity index (χ0) is 19.3. The number of nitrogens with zero attached hydrogens (tertiary/aromatic N) is 3. The molecule has 1 aromatic carbocycles. The van der Waals surface area contributed by atoms with E-state index in [1.54, 1.807) is 18.5 Å². The summed E-state index contributed by atoms with van der Waals surface area (Å²) < 4.78 is 20.8. The Morgan fingerprint density at radius 2 is 2.32 bits per heavy atom. The lowest BCUT2D eigenvalue weighted by Gasteiger charge is -2.12. The van der Waals surface area contributed by atoms with Gasteiger partial charge in [-0.3, -0.25) is 9.78 Å². The molecule has 8 heteroatoms. The van der Waals surface area contributed by atoms with E-state index in [2.05, 4.69) is 15.3 Å². The number of fused-ring (bicyclic) bond motifs is 1. The van der Waals surface area contributed by atoms with Crippen LogP contribution in [0.2, 0.25) is 0 Å². The maximum atomic E-state index is 13.4. The van der Waals surface area contributed by atoms with Gasteiger partial charge in [-0.05, 0) is 36.6 Å². The van der Waals surface area contributed by atoms with Crippen LogP contribution in [0.3, 0.4) is 0 Å². The first-order chi connectivity index (χ1) is 13.7. The first-order valence-electron chi connectivity index (χ1n) is 9.25. The van der Waals surface area contributed by atoms with E-state index in [0.29, 0.717) is 17.5 Å². The summed E-state index contributed by atoms with van der Waals surface area (Å²) >= 11 is 1.47. The Balaban J connectivity index is 1.48. The second-order valence-corrected chi connectivity index (χ2v) is 7.65. The molecule has 2 aromatic heterocycles. The number of imidazole rings is 1. The highest BCUT2D eigenvalue weighted by molar-refractivity contribution is 7.98. The van der Waals surface area contributed by atoms with Gasteiger partial charge in [-0.2, -0.15) is 0 Å². The Morgan fingerprint density at radius 3 is 3.14 bits per heavy atom. The maximum absolute atomic E-state index is 13.4. The maximum Gasteiger partial charge on any atom is 0.240 e. The third-order valence-corrected chi connectivity index (χ3v) is 5.67. The summed E-state index contributed by atoms with van der Waals surface area (Å²) in [7, 11) is 0. The van der Waals surface area contributed by atoms with Crippen molar-refractivity contribution < 1.29 is 13.9 Å². The first-order valence-corrected chi connectivity index (χ1v) is 10.2.